The summed E-state index contributed by atoms with van der Waals surface area (Å²) in [6, 6.07) is 11.2. The summed E-state index contributed by atoms with van der Waals surface area (Å²) in [5.41, 5.74) is -0.00487. The van der Waals surface area contributed by atoms with Crippen LogP contribution in [0, 0.1) is 0 Å². The third-order valence-electron chi connectivity index (χ3n) is 5.25. The van der Waals surface area contributed by atoms with Crippen LogP contribution in [-0.4, -0.2) is 70.0 Å². The van der Waals surface area contributed by atoms with Gasteiger partial charge in [0.15, 0.2) is 16.8 Å². The number of ether oxygens (including phenoxy) is 3. The normalized spacial score (nSPS) is 25.6. The SMILES string of the molecule is COc1c(O)cc(O[C@H]2O[C@H](CO)[C@H](O)[C@@H](O)[C@H]2O)c2c(=O)cc(-c3ccccc3)oc12. The minimum Gasteiger partial charge on any atom is -0.504 e. The Bertz CT molecular complexity index is 1160. The van der Waals surface area contributed by atoms with Crippen molar-refractivity contribution >= 4 is 11.0 Å². The van der Waals surface area contributed by atoms with Gasteiger partial charge in [-0.25, -0.2) is 0 Å². The van der Waals surface area contributed by atoms with Gasteiger partial charge in [-0.2, -0.15) is 0 Å². The van der Waals surface area contributed by atoms with Crippen molar-refractivity contribution in [1.82, 2.24) is 0 Å². The predicted molar refractivity (Wildman–Crippen MR) is 111 cm³/mol. The van der Waals surface area contributed by atoms with Gasteiger partial charge in [-0.15, -0.1) is 0 Å². The van der Waals surface area contributed by atoms with Gasteiger partial charge >= 0.3 is 0 Å². The first-order valence-electron chi connectivity index (χ1n) is 9.76. The maximum absolute atomic E-state index is 13.0. The summed E-state index contributed by atoms with van der Waals surface area (Å²) in [6.07, 6.45) is -7.73. The first kappa shape index (κ1) is 22.1. The topological polar surface area (TPSA) is 159 Å². The number of hydrogen-bond donors (Lipinski definition) is 5. The lowest BCUT2D eigenvalue weighted by atomic mass is 9.99. The van der Waals surface area contributed by atoms with E-state index in [1.165, 1.54) is 13.2 Å². The van der Waals surface area contributed by atoms with Crippen LogP contribution >= 0.6 is 0 Å². The molecule has 1 saturated heterocycles. The van der Waals surface area contributed by atoms with E-state index in [0.29, 0.717) is 5.56 Å². The second-order valence-electron chi connectivity index (χ2n) is 7.29. The highest BCUT2D eigenvalue weighted by Gasteiger charge is 2.45. The smallest absolute Gasteiger partial charge is 0.229 e. The summed E-state index contributed by atoms with van der Waals surface area (Å²) in [7, 11) is 1.29. The quantitative estimate of drug-likeness (QED) is 0.370. The maximum atomic E-state index is 13.0. The van der Waals surface area contributed by atoms with Crippen molar-refractivity contribution < 1.29 is 44.2 Å². The first-order valence-corrected chi connectivity index (χ1v) is 9.76. The zero-order valence-corrected chi connectivity index (χ0v) is 16.9. The van der Waals surface area contributed by atoms with Crippen molar-refractivity contribution in [2.24, 2.45) is 0 Å². The number of fused-ring (bicyclic) bond motifs is 1. The molecule has 0 bridgehead atoms. The molecule has 32 heavy (non-hydrogen) atoms. The molecule has 10 nitrogen and oxygen atoms in total. The van der Waals surface area contributed by atoms with Crippen molar-refractivity contribution in [3.05, 3.63) is 52.7 Å². The second kappa shape index (κ2) is 8.77. The number of rotatable bonds is 5. The first-order chi connectivity index (χ1) is 15.3. The molecule has 1 fully saturated rings. The standard InChI is InChI=1S/C22H22O10/c1-29-20-12(25)8-14(31-22-19(28)18(27)17(26)15(9-23)32-22)16-11(24)7-13(30-21(16)20)10-5-3-2-4-6-10/h2-8,15,17-19,22-23,25-28H,9H2,1H3/t15-,17+,18-,19-,22+/m1/s1. The van der Waals surface area contributed by atoms with Gasteiger partial charge in [0.1, 0.15) is 41.3 Å². The lowest BCUT2D eigenvalue weighted by Crippen LogP contribution is -2.60. The molecular formula is C22H22O10. The van der Waals surface area contributed by atoms with Crippen molar-refractivity contribution in [3.8, 4) is 28.6 Å². The third kappa shape index (κ3) is 3.78. The van der Waals surface area contributed by atoms with Crippen LogP contribution in [0.4, 0.5) is 0 Å². The largest absolute Gasteiger partial charge is 0.504 e. The third-order valence-corrected chi connectivity index (χ3v) is 5.25. The zero-order valence-electron chi connectivity index (χ0n) is 16.9. The van der Waals surface area contributed by atoms with Gasteiger partial charge in [0.25, 0.3) is 0 Å². The van der Waals surface area contributed by atoms with Gasteiger partial charge in [-0.3, -0.25) is 4.79 Å². The molecule has 170 valence electrons. The highest BCUT2D eigenvalue weighted by Crippen LogP contribution is 2.41. The van der Waals surface area contributed by atoms with Crippen LogP contribution in [0.2, 0.25) is 0 Å². The number of aliphatic hydroxyl groups is 4. The van der Waals surface area contributed by atoms with Crippen LogP contribution in [0.25, 0.3) is 22.3 Å². The van der Waals surface area contributed by atoms with Crippen molar-refractivity contribution in [1.29, 1.82) is 0 Å². The number of methoxy groups -OCH3 is 1. The molecule has 1 aliphatic heterocycles. The number of hydrogen-bond acceptors (Lipinski definition) is 10. The van der Waals surface area contributed by atoms with Crippen molar-refractivity contribution in [2.75, 3.05) is 13.7 Å². The molecule has 0 spiro atoms. The Morgan fingerprint density at radius 3 is 2.41 bits per heavy atom. The number of phenolic OH excluding ortho intramolecular Hbond substituents is 1. The van der Waals surface area contributed by atoms with E-state index in [0.717, 1.165) is 6.07 Å². The summed E-state index contributed by atoms with van der Waals surface area (Å²) in [5.74, 6) is -0.495. The molecule has 10 heteroatoms. The molecule has 1 aromatic heterocycles. The highest BCUT2D eigenvalue weighted by molar-refractivity contribution is 5.92. The Morgan fingerprint density at radius 2 is 1.75 bits per heavy atom. The fraction of sp³-hybridized carbons (Fsp3) is 0.318. The Balaban J connectivity index is 1.83. The zero-order chi connectivity index (χ0) is 23.0. The monoisotopic (exact) mass is 446 g/mol. The van der Waals surface area contributed by atoms with Crippen LogP contribution in [0.3, 0.4) is 0 Å². The van der Waals surface area contributed by atoms with Gasteiger partial charge < -0.3 is 44.2 Å². The van der Waals surface area contributed by atoms with E-state index in [1.54, 1.807) is 24.3 Å². The van der Waals surface area contributed by atoms with Gasteiger partial charge in [0, 0.05) is 17.7 Å². The fourth-order valence-electron chi connectivity index (χ4n) is 3.59. The molecule has 0 radical (unpaired) electrons. The summed E-state index contributed by atoms with van der Waals surface area (Å²) in [6.45, 7) is -0.651. The summed E-state index contributed by atoms with van der Waals surface area (Å²) in [5, 5.41) is 49.9. The van der Waals surface area contributed by atoms with Crippen LogP contribution in [0.1, 0.15) is 0 Å². The minimum atomic E-state index is -1.71. The molecular weight excluding hydrogens is 424 g/mol. The van der Waals surface area contributed by atoms with Crippen LogP contribution in [0.5, 0.6) is 17.2 Å². The lowest BCUT2D eigenvalue weighted by Gasteiger charge is -2.39. The van der Waals surface area contributed by atoms with Gasteiger partial charge in [-0.05, 0) is 0 Å². The fourth-order valence-corrected chi connectivity index (χ4v) is 3.59. The number of phenols is 1. The Labute approximate surface area is 181 Å². The van der Waals surface area contributed by atoms with E-state index >= 15 is 0 Å². The Morgan fingerprint density at radius 1 is 1.03 bits per heavy atom. The minimum absolute atomic E-state index is 0.0987. The van der Waals surface area contributed by atoms with Crippen LogP contribution < -0.4 is 14.9 Å². The highest BCUT2D eigenvalue weighted by atomic mass is 16.7. The Kier molecular flexibility index (Phi) is 6.04. The molecule has 5 atom stereocenters. The molecule has 0 aliphatic carbocycles. The molecule has 2 heterocycles. The molecule has 1 aliphatic rings. The molecule has 5 N–H and O–H groups in total. The molecule has 4 rings (SSSR count). The molecule has 3 aromatic rings. The average molecular weight is 446 g/mol. The molecule has 2 aromatic carbocycles. The van der Waals surface area contributed by atoms with Gasteiger partial charge in [0.2, 0.25) is 12.0 Å². The maximum Gasteiger partial charge on any atom is 0.229 e. The lowest BCUT2D eigenvalue weighted by molar-refractivity contribution is -0.277. The van der Waals surface area contributed by atoms with Crippen LogP contribution in [0.15, 0.2) is 51.7 Å². The predicted octanol–water partition coefficient (Wildman–Crippen LogP) is 0.353. The van der Waals surface area contributed by atoms with E-state index in [4.69, 9.17) is 18.6 Å². The second-order valence-corrected chi connectivity index (χ2v) is 7.29. The van der Waals surface area contributed by atoms with Crippen LogP contribution in [-0.2, 0) is 4.74 Å². The van der Waals surface area contributed by atoms with Crippen molar-refractivity contribution in [2.45, 2.75) is 30.7 Å². The van der Waals surface area contributed by atoms with E-state index < -0.39 is 48.5 Å². The number of aromatic hydroxyl groups is 1. The van der Waals surface area contributed by atoms with E-state index in [-0.39, 0.29) is 28.2 Å². The molecule has 0 amide bonds. The summed E-state index contributed by atoms with van der Waals surface area (Å²) in [4.78, 5) is 13.0. The average Bonchev–Trinajstić information content (AvgIpc) is 2.79. The van der Waals surface area contributed by atoms with Gasteiger partial charge in [-0.1, -0.05) is 30.3 Å². The Hall–Kier alpha value is -3.15. The van der Waals surface area contributed by atoms with Crippen molar-refractivity contribution in [3.63, 3.8) is 0 Å². The number of aliphatic hydroxyl groups excluding tert-OH is 4. The van der Waals surface area contributed by atoms with E-state index in [1.807, 2.05) is 6.07 Å². The molecule has 0 saturated carbocycles. The summed E-state index contributed by atoms with van der Waals surface area (Å²) >= 11 is 0. The van der Waals surface area contributed by atoms with E-state index in [9.17, 15) is 30.3 Å². The van der Waals surface area contributed by atoms with Gasteiger partial charge in [0.05, 0.1) is 13.7 Å². The summed E-state index contributed by atoms with van der Waals surface area (Å²) < 4.78 is 22.0. The van der Waals surface area contributed by atoms with E-state index in [2.05, 4.69) is 0 Å². The molecule has 0 unspecified atom stereocenters. The number of benzene rings is 2.